The number of halogens is 1. The van der Waals surface area contributed by atoms with Gasteiger partial charge in [0.25, 0.3) is 5.91 Å². The van der Waals surface area contributed by atoms with Crippen molar-refractivity contribution in [3.8, 4) is 0 Å². The van der Waals surface area contributed by atoms with Gasteiger partial charge in [0.1, 0.15) is 0 Å². The van der Waals surface area contributed by atoms with Gasteiger partial charge in [-0.25, -0.2) is 16.8 Å². The van der Waals surface area contributed by atoms with Gasteiger partial charge in [-0.1, -0.05) is 36.2 Å². The van der Waals surface area contributed by atoms with Crippen molar-refractivity contribution < 1.29 is 21.6 Å². The maximum absolute atomic E-state index is 12.8. The van der Waals surface area contributed by atoms with Crippen LogP contribution in [0, 0.1) is 0 Å². The van der Waals surface area contributed by atoms with Crippen molar-refractivity contribution in [1.29, 1.82) is 0 Å². The molecule has 0 unspecified atom stereocenters. The molecule has 0 bridgehead atoms. The summed E-state index contributed by atoms with van der Waals surface area (Å²) < 4.78 is 53.3. The molecule has 1 fully saturated rings. The summed E-state index contributed by atoms with van der Waals surface area (Å²) in [6.07, 6.45) is 3.85. The lowest BCUT2D eigenvalue weighted by Crippen LogP contribution is -2.35. The summed E-state index contributed by atoms with van der Waals surface area (Å²) in [5.41, 5.74) is 1.82. The van der Waals surface area contributed by atoms with Crippen molar-refractivity contribution in [2.24, 2.45) is 0 Å². The van der Waals surface area contributed by atoms with Crippen LogP contribution >= 0.6 is 11.6 Å². The van der Waals surface area contributed by atoms with E-state index in [0.29, 0.717) is 40.6 Å². The van der Waals surface area contributed by atoms with Crippen LogP contribution in [-0.2, 0) is 26.6 Å². The van der Waals surface area contributed by atoms with E-state index in [0.717, 1.165) is 25.5 Å². The zero-order valence-electron chi connectivity index (χ0n) is 20.3. The normalized spacial score (nSPS) is 14.8. The highest BCUT2D eigenvalue weighted by atomic mass is 35.5. The average molecular weight is 562 g/mol. The van der Waals surface area contributed by atoms with Crippen molar-refractivity contribution in [3.63, 3.8) is 0 Å². The van der Waals surface area contributed by atoms with Crippen LogP contribution in [0.4, 0.5) is 11.4 Å². The second kappa shape index (κ2) is 11.2. The number of carbonyl (C=O) groups is 1. The maximum atomic E-state index is 12.8. The minimum Gasteiger partial charge on any atom is -0.322 e. The molecule has 8 nitrogen and oxygen atoms in total. The van der Waals surface area contributed by atoms with E-state index in [4.69, 9.17) is 11.6 Å². The number of hydrogen-bond acceptors (Lipinski definition) is 5. The number of rotatable bonds is 8. The minimum atomic E-state index is -3.62. The number of amides is 1. The number of sulfonamides is 2. The lowest BCUT2D eigenvalue weighted by atomic mass is 10.1. The van der Waals surface area contributed by atoms with Gasteiger partial charge in [-0.05, 0) is 73.0 Å². The highest BCUT2D eigenvalue weighted by Crippen LogP contribution is 2.25. The van der Waals surface area contributed by atoms with Crippen molar-refractivity contribution in [3.05, 3.63) is 88.9 Å². The zero-order valence-corrected chi connectivity index (χ0v) is 22.7. The molecule has 0 aliphatic carbocycles. The molecule has 1 amide bonds. The third-order valence-electron chi connectivity index (χ3n) is 6.15. The average Bonchev–Trinajstić information content (AvgIpc) is 2.88. The molecule has 0 atom stereocenters. The summed E-state index contributed by atoms with van der Waals surface area (Å²) in [6.45, 7) is 1.09. The van der Waals surface area contributed by atoms with Gasteiger partial charge in [-0.2, -0.15) is 4.31 Å². The number of carbonyl (C=O) groups excluding carboxylic acids is 1. The lowest BCUT2D eigenvalue weighted by molar-refractivity contribution is 0.102. The third-order valence-corrected chi connectivity index (χ3v) is 9.58. The molecule has 4 rings (SSSR count). The smallest absolute Gasteiger partial charge is 0.255 e. The predicted octanol–water partition coefficient (Wildman–Crippen LogP) is 4.73. The molecule has 0 aromatic heterocycles. The molecule has 1 aliphatic rings. The Kier molecular flexibility index (Phi) is 8.23. The number of nitrogens with one attached hydrogen (secondary N) is 1. The van der Waals surface area contributed by atoms with E-state index in [1.807, 2.05) is 0 Å². The van der Waals surface area contributed by atoms with Crippen LogP contribution in [-0.4, -0.2) is 46.4 Å². The Labute approximate surface area is 223 Å². The third kappa shape index (κ3) is 6.51. The Morgan fingerprint density at radius 1 is 0.892 bits per heavy atom. The molecule has 0 saturated carbocycles. The molecular weight excluding hydrogens is 534 g/mol. The zero-order chi connectivity index (χ0) is 26.6. The second-order valence-electron chi connectivity index (χ2n) is 8.85. The van der Waals surface area contributed by atoms with Crippen LogP contribution in [0.25, 0.3) is 0 Å². The van der Waals surface area contributed by atoms with Crippen molar-refractivity contribution in [2.75, 3.05) is 29.0 Å². The van der Waals surface area contributed by atoms with E-state index in [9.17, 15) is 21.6 Å². The van der Waals surface area contributed by atoms with Gasteiger partial charge in [0.2, 0.25) is 20.0 Å². The first kappa shape index (κ1) is 27.1. The Morgan fingerprint density at radius 3 is 2.11 bits per heavy atom. The van der Waals surface area contributed by atoms with Gasteiger partial charge in [0.15, 0.2) is 0 Å². The number of piperidine rings is 1. The number of hydrogen-bond donors (Lipinski definition) is 1. The van der Waals surface area contributed by atoms with Gasteiger partial charge in [-0.15, -0.1) is 0 Å². The summed E-state index contributed by atoms with van der Waals surface area (Å²) in [7, 11) is -7.17. The Hall–Kier alpha value is -2.92. The summed E-state index contributed by atoms with van der Waals surface area (Å²) in [4.78, 5) is 13.0. The van der Waals surface area contributed by atoms with Crippen LogP contribution in [0.2, 0.25) is 5.02 Å². The van der Waals surface area contributed by atoms with Crippen LogP contribution in [0.5, 0.6) is 0 Å². The van der Waals surface area contributed by atoms with E-state index in [-0.39, 0.29) is 11.4 Å². The monoisotopic (exact) mass is 561 g/mol. The molecule has 37 heavy (non-hydrogen) atoms. The molecule has 196 valence electrons. The molecule has 0 spiro atoms. The fraction of sp³-hybridized carbons (Fsp3) is 0.269. The van der Waals surface area contributed by atoms with Crippen LogP contribution in [0.3, 0.4) is 0 Å². The molecule has 3 aromatic carbocycles. The maximum Gasteiger partial charge on any atom is 0.255 e. The van der Waals surface area contributed by atoms with Gasteiger partial charge < -0.3 is 5.32 Å². The Balaban J connectivity index is 1.46. The van der Waals surface area contributed by atoms with Gasteiger partial charge >= 0.3 is 0 Å². The molecule has 1 aliphatic heterocycles. The fourth-order valence-corrected chi connectivity index (χ4v) is 6.72. The molecule has 11 heteroatoms. The summed E-state index contributed by atoms with van der Waals surface area (Å²) in [5, 5.41) is 3.21. The molecule has 1 saturated heterocycles. The first-order chi connectivity index (χ1) is 17.6. The second-order valence-corrected chi connectivity index (χ2v) is 13.1. The Bertz CT molecular complexity index is 1470. The molecule has 0 radical (unpaired) electrons. The molecule has 3 aromatic rings. The standard InChI is InChI=1S/C26H28ClN3O5S2/c1-36(32,33)30(19-21-7-3-4-8-25(21)27)23-13-9-20(10-14-23)26(31)28-22-11-15-24(16-12-22)37(34,35)29-17-5-2-6-18-29/h3-4,7-16H,2,5-6,17-19H2,1H3,(H,28,31). The minimum absolute atomic E-state index is 0.0523. The molecule has 1 heterocycles. The largest absolute Gasteiger partial charge is 0.322 e. The first-order valence-electron chi connectivity index (χ1n) is 11.8. The van der Waals surface area contributed by atoms with E-state index in [1.54, 1.807) is 48.5 Å². The molecular formula is C26H28ClN3O5S2. The van der Waals surface area contributed by atoms with E-state index in [1.165, 1.54) is 32.9 Å². The highest BCUT2D eigenvalue weighted by Gasteiger charge is 2.26. The van der Waals surface area contributed by atoms with Gasteiger partial charge in [-0.3, -0.25) is 9.10 Å². The van der Waals surface area contributed by atoms with Gasteiger partial charge in [0, 0.05) is 29.4 Å². The summed E-state index contributed by atoms with van der Waals surface area (Å²) >= 11 is 6.21. The topological polar surface area (TPSA) is 104 Å². The van der Waals surface area contributed by atoms with Crippen molar-refractivity contribution >= 4 is 48.9 Å². The highest BCUT2D eigenvalue weighted by molar-refractivity contribution is 7.92. The number of nitrogens with zero attached hydrogens (tertiary/aromatic N) is 2. The quantitative estimate of drug-likeness (QED) is 0.428. The van der Waals surface area contributed by atoms with Crippen LogP contribution in [0.15, 0.2) is 77.7 Å². The number of benzene rings is 3. The van der Waals surface area contributed by atoms with Crippen molar-refractivity contribution in [2.45, 2.75) is 30.7 Å². The van der Waals surface area contributed by atoms with Crippen LogP contribution < -0.4 is 9.62 Å². The number of anilines is 2. The first-order valence-corrected chi connectivity index (χ1v) is 15.4. The Morgan fingerprint density at radius 2 is 1.51 bits per heavy atom. The lowest BCUT2D eigenvalue weighted by Gasteiger charge is -2.25. The fourth-order valence-electron chi connectivity index (χ4n) is 4.13. The van der Waals surface area contributed by atoms with E-state index < -0.39 is 26.0 Å². The SMILES string of the molecule is CS(=O)(=O)N(Cc1ccccc1Cl)c1ccc(C(=O)Nc2ccc(S(=O)(=O)N3CCCCC3)cc2)cc1. The van der Waals surface area contributed by atoms with Gasteiger partial charge in [0.05, 0.1) is 23.4 Å². The molecule has 1 N–H and O–H groups in total. The summed E-state index contributed by atoms with van der Waals surface area (Å²) in [5.74, 6) is -0.407. The van der Waals surface area contributed by atoms with Crippen molar-refractivity contribution in [1.82, 2.24) is 4.31 Å². The van der Waals surface area contributed by atoms with Crippen LogP contribution in [0.1, 0.15) is 35.2 Å². The van der Waals surface area contributed by atoms with E-state index in [2.05, 4.69) is 5.32 Å². The van der Waals surface area contributed by atoms with E-state index >= 15 is 0 Å². The predicted molar refractivity (Wildman–Crippen MR) is 146 cm³/mol. The summed E-state index contributed by atoms with van der Waals surface area (Å²) in [6, 6.07) is 19.3.